The van der Waals surface area contributed by atoms with E-state index in [1.807, 2.05) is 35.4 Å². The molecule has 2 aromatic rings. The van der Waals surface area contributed by atoms with Gasteiger partial charge in [-0.1, -0.05) is 0 Å². The van der Waals surface area contributed by atoms with E-state index in [1.54, 1.807) is 14.2 Å². The molecule has 1 fully saturated rings. The lowest BCUT2D eigenvalue weighted by Gasteiger charge is -2.31. The van der Waals surface area contributed by atoms with Gasteiger partial charge in [-0.05, 0) is 25.1 Å². The van der Waals surface area contributed by atoms with E-state index in [9.17, 15) is 5.11 Å². The Kier molecular flexibility index (Phi) is 6.45. The van der Waals surface area contributed by atoms with Gasteiger partial charge in [-0.15, -0.1) is 11.3 Å². The van der Waals surface area contributed by atoms with Gasteiger partial charge in [0.2, 0.25) is 0 Å². The molecule has 8 nitrogen and oxygen atoms in total. The predicted octanol–water partition coefficient (Wildman–Crippen LogP) is 3.11. The molecule has 1 aromatic carbocycles. The van der Waals surface area contributed by atoms with Gasteiger partial charge in [-0.3, -0.25) is 10.3 Å². The minimum absolute atomic E-state index is 0.200. The molecule has 3 heterocycles. The Labute approximate surface area is 186 Å². The number of rotatable bonds is 7. The molecule has 31 heavy (non-hydrogen) atoms. The Balaban J connectivity index is 1.55. The lowest BCUT2D eigenvalue weighted by molar-refractivity contribution is 0.0352. The largest absolute Gasteiger partial charge is 0.509 e. The molecule has 1 atom stereocenters. The third-order valence-corrected chi connectivity index (χ3v) is 6.66. The van der Waals surface area contributed by atoms with Gasteiger partial charge in [0.25, 0.3) is 0 Å². The monoisotopic (exact) mass is 444 g/mol. The number of aliphatic hydroxyl groups is 1. The summed E-state index contributed by atoms with van der Waals surface area (Å²) in [6, 6.07) is 5.31. The lowest BCUT2D eigenvalue weighted by atomic mass is 10.1. The first-order valence-corrected chi connectivity index (χ1v) is 11.2. The van der Waals surface area contributed by atoms with Crippen LogP contribution in [0.15, 0.2) is 29.3 Å². The van der Waals surface area contributed by atoms with Gasteiger partial charge >= 0.3 is 0 Å². The molecule has 0 saturated carbocycles. The van der Waals surface area contributed by atoms with Crippen LogP contribution >= 0.6 is 11.3 Å². The molecule has 4 rings (SSSR count). The average Bonchev–Trinajstić information content (AvgIpc) is 3.36. The molecule has 2 aliphatic rings. The van der Waals surface area contributed by atoms with Crippen LogP contribution in [0.1, 0.15) is 11.9 Å². The van der Waals surface area contributed by atoms with Crippen molar-refractivity contribution in [3.05, 3.63) is 34.3 Å². The predicted molar refractivity (Wildman–Crippen MR) is 121 cm³/mol. The maximum Gasteiger partial charge on any atom is 0.135 e. The van der Waals surface area contributed by atoms with Crippen molar-refractivity contribution in [1.29, 1.82) is 5.41 Å². The molecular formula is C22H28N4O4S. The van der Waals surface area contributed by atoms with Gasteiger partial charge in [0, 0.05) is 37.1 Å². The molecular weight excluding hydrogens is 416 g/mol. The number of methoxy groups -OCH3 is 2. The zero-order valence-corrected chi connectivity index (χ0v) is 18.9. The smallest absolute Gasteiger partial charge is 0.135 e. The summed E-state index contributed by atoms with van der Waals surface area (Å²) in [5, 5.41) is 22.1. The van der Waals surface area contributed by atoms with Crippen molar-refractivity contribution >= 4 is 22.7 Å². The number of nitrogens with zero attached hydrogens (tertiary/aromatic N) is 3. The Morgan fingerprint density at radius 2 is 2.00 bits per heavy atom. The molecule has 9 heteroatoms. The number of thiazole rings is 1. The van der Waals surface area contributed by atoms with Gasteiger partial charge in [0.05, 0.1) is 44.7 Å². The molecule has 0 radical (unpaired) electrons. The van der Waals surface area contributed by atoms with Crippen LogP contribution in [0.4, 0.5) is 0 Å². The third-order valence-electron chi connectivity index (χ3n) is 5.80. The van der Waals surface area contributed by atoms with Gasteiger partial charge in [0.15, 0.2) is 0 Å². The molecule has 0 amide bonds. The topological polar surface area (TPSA) is 91.1 Å². The average molecular weight is 445 g/mol. The van der Waals surface area contributed by atoms with Crippen molar-refractivity contribution in [3.8, 4) is 22.8 Å². The highest BCUT2D eigenvalue weighted by Crippen LogP contribution is 2.38. The van der Waals surface area contributed by atoms with Gasteiger partial charge < -0.3 is 24.2 Å². The molecule has 1 aromatic heterocycles. The molecule has 0 aliphatic carbocycles. The number of hydrogen-bond donors (Lipinski definition) is 2. The number of ether oxygens (including phenoxy) is 3. The van der Waals surface area contributed by atoms with Crippen LogP contribution in [-0.4, -0.2) is 85.4 Å². The molecule has 0 spiro atoms. The Morgan fingerprint density at radius 1 is 1.23 bits per heavy atom. The number of aliphatic hydroxyl groups excluding tert-OH is 1. The van der Waals surface area contributed by atoms with E-state index < -0.39 is 0 Å². The first-order chi connectivity index (χ1) is 15.0. The van der Waals surface area contributed by atoms with Crippen molar-refractivity contribution in [3.63, 3.8) is 0 Å². The van der Waals surface area contributed by atoms with Crippen LogP contribution in [0.3, 0.4) is 0 Å². The number of benzene rings is 1. The number of nitrogens with one attached hydrogen (secondary N) is 1. The maximum atomic E-state index is 10.8. The molecule has 2 N–H and O–H groups in total. The standard InChI is InChI=1S/C22H28N4O4S/c1-14-20(27)19(21(23)26(14)7-6-25-8-10-30-11-9-25)22-24-17(13-31-22)16-12-15(28-2)4-5-18(16)29-3/h4-5,12-14,23,27H,6-11H2,1-3H3. The summed E-state index contributed by atoms with van der Waals surface area (Å²) in [6.07, 6.45) is 0. The summed E-state index contributed by atoms with van der Waals surface area (Å²) in [5.74, 6) is 1.92. The minimum Gasteiger partial charge on any atom is -0.509 e. The highest BCUT2D eigenvalue weighted by atomic mass is 32.1. The second-order valence-electron chi connectivity index (χ2n) is 7.54. The van der Waals surface area contributed by atoms with Gasteiger partial charge in [0.1, 0.15) is 28.1 Å². The number of hydrogen-bond acceptors (Lipinski definition) is 8. The normalized spacial score (nSPS) is 19.9. The second kappa shape index (κ2) is 9.25. The van der Waals surface area contributed by atoms with Crippen LogP contribution in [0.5, 0.6) is 11.5 Å². The van der Waals surface area contributed by atoms with Crippen molar-refractivity contribution in [2.24, 2.45) is 0 Å². The van der Waals surface area contributed by atoms with Crippen LogP contribution in [-0.2, 0) is 4.74 Å². The number of amidine groups is 1. The van der Waals surface area contributed by atoms with Crippen molar-refractivity contribution < 1.29 is 19.3 Å². The summed E-state index contributed by atoms with van der Waals surface area (Å²) in [4.78, 5) is 9.00. The molecule has 1 unspecified atom stereocenters. The molecule has 2 aliphatic heterocycles. The molecule has 0 bridgehead atoms. The Hall–Kier alpha value is -2.62. The van der Waals surface area contributed by atoms with E-state index in [0.29, 0.717) is 34.5 Å². The summed E-state index contributed by atoms with van der Waals surface area (Å²) in [6.45, 7) is 6.74. The minimum atomic E-state index is -0.248. The van der Waals surface area contributed by atoms with Crippen molar-refractivity contribution in [2.75, 3.05) is 53.6 Å². The summed E-state index contributed by atoms with van der Waals surface area (Å²) >= 11 is 1.41. The summed E-state index contributed by atoms with van der Waals surface area (Å²) in [5.41, 5.74) is 2.04. The fourth-order valence-electron chi connectivity index (χ4n) is 3.93. The maximum absolute atomic E-state index is 10.8. The zero-order valence-electron chi connectivity index (χ0n) is 18.1. The van der Waals surface area contributed by atoms with E-state index in [-0.39, 0.29) is 11.8 Å². The summed E-state index contributed by atoms with van der Waals surface area (Å²) < 4.78 is 16.2. The van der Waals surface area contributed by atoms with Crippen LogP contribution in [0, 0.1) is 5.41 Å². The molecule has 166 valence electrons. The fourth-order valence-corrected chi connectivity index (χ4v) is 4.80. The van der Waals surface area contributed by atoms with Gasteiger partial charge in [-0.2, -0.15) is 0 Å². The Morgan fingerprint density at radius 3 is 2.71 bits per heavy atom. The fraction of sp³-hybridized carbons (Fsp3) is 0.455. The quantitative estimate of drug-likeness (QED) is 0.678. The molecule has 1 saturated heterocycles. The van der Waals surface area contributed by atoms with E-state index in [1.165, 1.54) is 11.3 Å². The van der Waals surface area contributed by atoms with E-state index in [0.717, 1.165) is 44.1 Å². The lowest BCUT2D eigenvalue weighted by Crippen LogP contribution is -2.44. The highest BCUT2D eigenvalue weighted by Gasteiger charge is 2.36. The number of aromatic nitrogens is 1. The van der Waals surface area contributed by atoms with Crippen LogP contribution in [0.25, 0.3) is 16.8 Å². The zero-order chi connectivity index (χ0) is 22.0. The van der Waals surface area contributed by atoms with Gasteiger partial charge in [-0.25, -0.2) is 4.98 Å². The van der Waals surface area contributed by atoms with E-state index in [4.69, 9.17) is 24.6 Å². The van der Waals surface area contributed by atoms with Crippen LogP contribution in [0.2, 0.25) is 0 Å². The number of morpholine rings is 1. The summed E-state index contributed by atoms with van der Waals surface area (Å²) in [7, 11) is 3.24. The SMILES string of the molecule is COc1ccc(OC)c(-c2csc(C3=C(O)C(C)N(CCN4CCOCC4)C3=N)n2)c1. The first-order valence-electron chi connectivity index (χ1n) is 10.3. The van der Waals surface area contributed by atoms with E-state index >= 15 is 0 Å². The Bertz CT molecular complexity index is 984. The van der Waals surface area contributed by atoms with Crippen LogP contribution < -0.4 is 9.47 Å². The highest BCUT2D eigenvalue weighted by molar-refractivity contribution is 7.11. The second-order valence-corrected chi connectivity index (χ2v) is 8.39. The van der Waals surface area contributed by atoms with Crippen molar-refractivity contribution in [2.45, 2.75) is 13.0 Å². The van der Waals surface area contributed by atoms with Crippen molar-refractivity contribution in [1.82, 2.24) is 14.8 Å². The third kappa shape index (κ3) is 4.26. The van der Waals surface area contributed by atoms with E-state index in [2.05, 4.69) is 4.90 Å². The first kappa shape index (κ1) is 21.6.